The first-order chi connectivity index (χ1) is 7.77. The van der Waals surface area contributed by atoms with Gasteiger partial charge in [-0.25, -0.2) is 4.79 Å². The minimum Gasteiger partial charge on any atom is -0.465 e. The number of hydrogen-bond donors (Lipinski definition) is 0. The number of pyridine rings is 1. The zero-order chi connectivity index (χ0) is 11.5. The van der Waals surface area contributed by atoms with Crippen LogP contribution < -0.4 is 0 Å². The van der Waals surface area contributed by atoms with Crippen LogP contribution in [0.2, 0.25) is 0 Å². The molecule has 0 amide bonds. The van der Waals surface area contributed by atoms with E-state index in [1.807, 2.05) is 0 Å². The molecule has 2 heterocycles. The van der Waals surface area contributed by atoms with Crippen LogP contribution in [0.15, 0.2) is 35.6 Å². The summed E-state index contributed by atoms with van der Waals surface area (Å²) in [6.45, 7) is 0.0760. The van der Waals surface area contributed by atoms with Crippen LogP contribution in [0, 0.1) is 4.91 Å². The van der Waals surface area contributed by atoms with Gasteiger partial charge in [-0.15, -0.1) is 0 Å². The molecule has 0 aliphatic carbocycles. The van der Waals surface area contributed by atoms with E-state index in [2.05, 4.69) is 9.91 Å². The van der Waals surface area contributed by atoms with E-state index < -0.39 is 5.97 Å². The Morgan fingerprint density at radius 2 is 2.25 bits per heavy atom. The van der Waals surface area contributed by atoms with Gasteiger partial charge in [-0.1, -0.05) is 5.18 Å². The smallest absolute Gasteiger partial charge is 0.339 e. The lowest BCUT2D eigenvalue weighted by Crippen LogP contribution is -2.05. The number of fused-ring (bicyclic) bond motifs is 1. The number of nitrogens with zero attached hydrogens (tertiary/aromatic N) is 2. The molecule has 0 aromatic carbocycles. The molecule has 0 atom stereocenters. The van der Waals surface area contributed by atoms with E-state index in [9.17, 15) is 9.70 Å². The molecule has 2 rings (SSSR count). The number of carbonyl (C=O) groups is 1. The van der Waals surface area contributed by atoms with E-state index in [1.54, 1.807) is 34.9 Å². The molecular weight excluding hydrogens is 208 g/mol. The fourth-order valence-electron chi connectivity index (χ4n) is 1.67. The lowest BCUT2D eigenvalue weighted by atomic mass is 10.2. The first-order valence-corrected chi connectivity index (χ1v) is 4.74. The van der Waals surface area contributed by atoms with E-state index in [0.717, 1.165) is 5.69 Å². The highest BCUT2D eigenvalue weighted by Crippen LogP contribution is 2.16. The van der Waals surface area contributed by atoms with Crippen molar-refractivity contribution in [1.29, 1.82) is 0 Å². The summed E-state index contributed by atoms with van der Waals surface area (Å²) in [6.07, 6.45) is 1.78. The summed E-state index contributed by atoms with van der Waals surface area (Å²) in [6, 6.07) is 6.93. The second-order valence-electron chi connectivity index (χ2n) is 3.28. The maximum atomic E-state index is 11.5. The number of ether oxygens (including phenoxy) is 1. The standard InChI is InChI=1S/C11H10N2O3/c1-16-11(14)9-5-4-8(7-12-15)13-6-2-3-10(9)13/h2-6H,7H2,1H3. The average Bonchev–Trinajstić information content (AvgIpc) is 2.78. The Bertz CT molecular complexity index is 545. The predicted molar refractivity (Wildman–Crippen MR) is 58.2 cm³/mol. The van der Waals surface area contributed by atoms with Crippen LogP contribution in [0.5, 0.6) is 0 Å². The lowest BCUT2D eigenvalue weighted by Gasteiger charge is -2.06. The van der Waals surface area contributed by atoms with Crippen molar-refractivity contribution in [3.8, 4) is 0 Å². The van der Waals surface area contributed by atoms with Gasteiger partial charge in [0.2, 0.25) is 0 Å². The van der Waals surface area contributed by atoms with E-state index in [4.69, 9.17) is 0 Å². The third-order valence-electron chi connectivity index (χ3n) is 2.41. The normalized spacial score (nSPS) is 10.3. The summed E-state index contributed by atoms with van der Waals surface area (Å²) < 4.78 is 6.43. The lowest BCUT2D eigenvalue weighted by molar-refractivity contribution is 0.0602. The summed E-state index contributed by atoms with van der Waals surface area (Å²) in [5, 5.41) is 2.84. The Morgan fingerprint density at radius 3 is 2.94 bits per heavy atom. The molecule has 82 valence electrons. The molecule has 2 aromatic heterocycles. The van der Waals surface area contributed by atoms with Crippen molar-refractivity contribution in [3.63, 3.8) is 0 Å². The molecule has 5 heteroatoms. The van der Waals surface area contributed by atoms with Crippen molar-refractivity contribution in [1.82, 2.24) is 4.40 Å². The molecule has 0 fully saturated rings. The summed E-state index contributed by atoms with van der Waals surface area (Å²) in [5.74, 6) is -0.394. The Kier molecular flexibility index (Phi) is 2.68. The quantitative estimate of drug-likeness (QED) is 0.584. The number of hydrogen-bond acceptors (Lipinski definition) is 4. The molecule has 0 saturated carbocycles. The second-order valence-corrected chi connectivity index (χ2v) is 3.28. The number of nitroso groups, excluding NO2 is 1. The largest absolute Gasteiger partial charge is 0.465 e. The molecule has 0 unspecified atom stereocenters. The van der Waals surface area contributed by atoms with Crippen molar-refractivity contribution in [3.05, 3.63) is 46.6 Å². The van der Waals surface area contributed by atoms with Crippen molar-refractivity contribution < 1.29 is 9.53 Å². The minimum atomic E-state index is -0.394. The van der Waals surface area contributed by atoms with Crippen molar-refractivity contribution in [2.75, 3.05) is 7.11 Å². The average molecular weight is 218 g/mol. The van der Waals surface area contributed by atoms with Crippen LogP contribution in [-0.4, -0.2) is 17.5 Å². The fraction of sp³-hybridized carbons (Fsp3) is 0.182. The zero-order valence-corrected chi connectivity index (χ0v) is 8.71. The van der Waals surface area contributed by atoms with Gasteiger partial charge in [0.15, 0.2) is 0 Å². The minimum absolute atomic E-state index is 0.0760. The van der Waals surface area contributed by atoms with Gasteiger partial charge in [-0.3, -0.25) is 0 Å². The molecule has 0 aliphatic heterocycles. The number of aromatic nitrogens is 1. The van der Waals surface area contributed by atoms with Crippen LogP contribution in [0.1, 0.15) is 16.1 Å². The predicted octanol–water partition coefficient (Wildman–Crippen LogP) is 1.99. The third-order valence-corrected chi connectivity index (χ3v) is 2.41. The number of rotatable bonds is 3. The number of methoxy groups -OCH3 is 1. The third kappa shape index (κ3) is 1.56. The van der Waals surface area contributed by atoms with Gasteiger partial charge in [0, 0.05) is 11.9 Å². The fourth-order valence-corrected chi connectivity index (χ4v) is 1.67. The maximum Gasteiger partial charge on any atom is 0.339 e. The summed E-state index contributed by atoms with van der Waals surface area (Å²) in [4.78, 5) is 21.7. The topological polar surface area (TPSA) is 60.1 Å². The van der Waals surface area contributed by atoms with Gasteiger partial charge in [-0.05, 0) is 24.3 Å². The molecule has 0 radical (unpaired) electrons. The molecule has 5 nitrogen and oxygen atoms in total. The van der Waals surface area contributed by atoms with Crippen LogP contribution in [-0.2, 0) is 11.3 Å². The molecule has 0 bridgehead atoms. The first-order valence-electron chi connectivity index (χ1n) is 4.74. The highest BCUT2D eigenvalue weighted by atomic mass is 16.5. The van der Waals surface area contributed by atoms with Gasteiger partial charge in [0.25, 0.3) is 0 Å². The van der Waals surface area contributed by atoms with E-state index in [1.165, 1.54) is 7.11 Å². The van der Waals surface area contributed by atoms with Gasteiger partial charge in [-0.2, -0.15) is 4.91 Å². The summed E-state index contributed by atoms with van der Waals surface area (Å²) in [5.41, 5.74) is 1.93. The van der Waals surface area contributed by atoms with Crippen molar-refractivity contribution >= 4 is 11.5 Å². The van der Waals surface area contributed by atoms with Gasteiger partial charge in [0.1, 0.15) is 6.54 Å². The second kappa shape index (κ2) is 4.14. The Labute approximate surface area is 91.6 Å². The molecule has 0 saturated heterocycles. The zero-order valence-electron chi connectivity index (χ0n) is 8.71. The Hall–Kier alpha value is -2.17. The van der Waals surface area contributed by atoms with Gasteiger partial charge < -0.3 is 9.14 Å². The monoisotopic (exact) mass is 218 g/mol. The van der Waals surface area contributed by atoms with Crippen molar-refractivity contribution in [2.24, 2.45) is 5.18 Å². The molecule has 2 aromatic rings. The summed E-state index contributed by atoms with van der Waals surface area (Å²) in [7, 11) is 1.34. The van der Waals surface area contributed by atoms with Crippen LogP contribution in [0.3, 0.4) is 0 Å². The molecule has 0 N–H and O–H groups in total. The Morgan fingerprint density at radius 1 is 1.44 bits per heavy atom. The molecular formula is C11H10N2O3. The van der Waals surface area contributed by atoms with E-state index in [-0.39, 0.29) is 6.54 Å². The van der Waals surface area contributed by atoms with Gasteiger partial charge >= 0.3 is 5.97 Å². The highest BCUT2D eigenvalue weighted by Gasteiger charge is 2.12. The van der Waals surface area contributed by atoms with Gasteiger partial charge in [0.05, 0.1) is 18.2 Å². The number of carbonyl (C=O) groups excluding carboxylic acids is 1. The van der Waals surface area contributed by atoms with E-state index >= 15 is 0 Å². The molecule has 16 heavy (non-hydrogen) atoms. The Balaban J connectivity index is 2.63. The summed E-state index contributed by atoms with van der Waals surface area (Å²) >= 11 is 0. The van der Waals surface area contributed by atoms with Crippen molar-refractivity contribution in [2.45, 2.75) is 6.54 Å². The van der Waals surface area contributed by atoms with Crippen LogP contribution in [0.4, 0.5) is 0 Å². The first kappa shape index (κ1) is 10.4. The number of esters is 1. The van der Waals surface area contributed by atoms with Crippen LogP contribution >= 0.6 is 0 Å². The van der Waals surface area contributed by atoms with Crippen LogP contribution in [0.25, 0.3) is 5.52 Å². The van der Waals surface area contributed by atoms with E-state index in [0.29, 0.717) is 11.1 Å². The SMILES string of the molecule is COC(=O)c1ccc(CN=O)n2cccc12. The molecule has 0 aliphatic rings. The highest BCUT2D eigenvalue weighted by molar-refractivity contribution is 5.97. The maximum absolute atomic E-state index is 11.5. The molecule has 0 spiro atoms.